The molecule has 0 radical (unpaired) electrons. The zero-order valence-corrected chi connectivity index (χ0v) is 28.3. The Morgan fingerprint density at radius 3 is 1.77 bits per heavy atom. The Kier molecular flexibility index (Phi) is 24.3. The molecule has 0 bridgehead atoms. The maximum absolute atomic E-state index is 12.4. The summed E-state index contributed by atoms with van der Waals surface area (Å²) in [5.41, 5.74) is -0.166. The molecule has 12 heteroatoms. The number of rotatable bonds is 28. The predicted octanol–water partition coefficient (Wildman–Crippen LogP) is 8.66. The lowest BCUT2D eigenvalue weighted by molar-refractivity contribution is -0.384. The normalized spacial score (nSPS) is 11.8. The minimum absolute atomic E-state index is 0.0327. The maximum Gasteiger partial charge on any atom is 0.513 e. The summed E-state index contributed by atoms with van der Waals surface area (Å²) in [5, 5.41) is 19.5. The van der Waals surface area contributed by atoms with Crippen LogP contribution in [0.2, 0.25) is 0 Å². The Bertz CT molecular complexity index is 1130. The summed E-state index contributed by atoms with van der Waals surface area (Å²) in [6.45, 7) is 1.63. The van der Waals surface area contributed by atoms with Crippen LogP contribution in [0.25, 0.3) is 0 Å². The summed E-state index contributed by atoms with van der Waals surface area (Å²) in [5.74, 6) is -2.40. The van der Waals surface area contributed by atoms with Gasteiger partial charge in [-0.3, -0.25) is 24.5 Å². The number of carboxylic acids is 1. The molecular formula is C36H53NO11. The molecule has 0 fully saturated rings. The number of carbonyl (C=O) groups is 4. The standard InChI is InChI=1S/C36H53NO11/c1-2-3-4-5-6-7-8-9-10-11-12-13-14-15-18-21-34(40)45-27-30(28-46-35(41)22-19-16-17-20-33(38)39)29-47-36(42)48-32-25-23-31(24-26-32)37(43)44/h6-7,9-10,23-26,30H,2-5,8,11-22,27-29H2,1H3,(H,38,39)/b7-6-,10-9-. The van der Waals surface area contributed by atoms with Crippen LogP contribution in [0.15, 0.2) is 48.6 Å². The van der Waals surface area contributed by atoms with E-state index in [-0.39, 0.29) is 50.5 Å². The average Bonchev–Trinajstić information content (AvgIpc) is 3.06. The summed E-state index contributed by atoms with van der Waals surface area (Å²) >= 11 is 0. The van der Waals surface area contributed by atoms with Gasteiger partial charge in [-0.25, -0.2) is 4.79 Å². The van der Waals surface area contributed by atoms with Crippen molar-refractivity contribution in [3.05, 3.63) is 58.7 Å². The Morgan fingerprint density at radius 2 is 1.21 bits per heavy atom. The monoisotopic (exact) mass is 675 g/mol. The number of allylic oxidation sites excluding steroid dienone is 4. The number of nitro groups is 1. The molecule has 0 aromatic heterocycles. The number of aliphatic carboxylic acids is 1. The van der Waals surface area contributed by atoms with Gasteiger partial charge < -0.3 is 24.1 Å². The van der Waals surface area contributed by atoms with E-state index in [1.807, 2.05) is 0 Å². The molecule has 0 aliphatic heterocycles. The first-order valence-electron chi connectivity index (χ1n) is 17.1. The van der Waals surface area contributed by atoms with Gasteiger partial charge in [0.15, 0.2) is 0 Å². The van der Waals surface area contributed by atoms with Crippen LogP contribution in [0.5, 0.6) is 5.75 Å². The van der Waals surface area contributed by atoms with Crippen LogP contribution in [0.3, 0.4) is 0 Å². The van der Waals surface area contributed by atoms with Crippen molar-refractivity contribution < 1.29 is 48.2 Å². The van der Waals surface area contributed by atoms with Crippen LogP contribution in [-0.4, -0.2) is 53.9 Å². The Morgan fingerprint density at radius 1 is 0.708 bits per heavy atom. The number of nitrogens with zero attached hydrogens (tertiary/aromatic N) is 1. The molecule has 0 aliphatic carbocycles. The van der Waals surface area contributed by atoms with Crippen molar-refractivity contribution in [1.29, 1.82) is 0 Å². The van der Waals surface area contributed by atoms with E-state index in [0.717, 1.165) is 44.9 Å². The van der Waals surface area contributed by atoms with E-state index in [0.29, 0.717) is 25.7 Å². The minimum Gasteiger partial charge on any atom is -0.481 e. The highest BCUT2D eigenvalue weighted by atomic mass is 16.7. The highest BCUT2D eigenvalue weighted by Gasteiger charge is 2.19. The molecule has 1 N–H and O–H groups in total. The molecule has 1 aromatic carbocycles. The van der Waals surface area contributed by atoms with E-state index in [1.165, 1.54) is 43.5 Å². The summed E-state index contributed by atoms with van der Waals surface area (Å²) in [7, 11) is 0. The van der Waals surface area contributed by atoms with E-state index in [1.54, 1.807) is 0 Å². The SMILES string of the molecule is CCCCC/C=C\C/C=C\CCCCCCCC(=O)OCC(COC(=O)CCCCCC(=O)O)COC(=O)Oc1ccc([N+](=O)[O-])cc1. The molecule has 1 atom stereocenters. The minimum atomic E-state index is -1.07. The fourth-order valence-corrected chi connectivity index (χ4v) is 4.46. The van der Waals surface area contributed by atoms with E-state index in [9.17, 15) is 29.3 Å². The van der Waals surface area contributed by atoms with E-state index >= 15 is 0 Å². The van der Waals surface area contributed by atoms with Gasteiger partial charge in [0.1, 0.15) is 25.6 Å². The zero-order chi connectivity index (χ0) is 35.2. The first-order valence-corrected chi connectivity index (χ1v) is 17.1. The molecule has 0 heterocycles. The number of carbonyl (C=O) groups excluding carboxylic acids is 3. The number of esters is 2. The second-order valence-electron chi connectivity index (χ2n) is 11.6. The predicted molar refractivity (Wildman–Crippen MR) is 181 cm³/mol. The number of ether oxygens (including phenoxy) is 4. The highest BCUT2D eigenvalue weighted by Crippen LogP contribution is 2.18. The highest BCUT2D eigenvalue weighted by molar-refractivity contribution is 5.70. The molecule has 12 nitrogen and oxygen atoms in total. The Balaban J connectivity index is 2.37. The molecule has 0 aliphatic rings. The number of unbranched alkanes of at least 4 members (excludes halogenated alkanes) is 10. The third-order valence-corrected chi connectivity index (χ3v) is 7.25. The van der Waals surface area contributed by atoms with E-state index < -0.39 is 34.9 Å². The average molecular weight is 676 g/mol. The second-order valence-corrected chi connectivity index (χ2v) is 11.6. The number of hydrogen-bond acceptors (Lipinski definition) is 10. The van der Waals surface area contributed by atoms with Crippen molar-refractivity contribution in [3.8, 4) is 5.75 Å². The van der Waals surface area contributed by atoms with Gasteiger partial charge in [-0.1, -0.05) is 69.8 Å². The van der Waals surface area contributed by atoms with E-state index in [2.05, 4.69) is 31.2 Å². The third-order valence-electron chi connectivity index (χ3n) is 7.25. The van der Waals surface area contributed by atoms with Crippen molar-refractivity contribution in [2.75, 3.05) is 19.8 Å². The number of benzene rings is 1. The maximum atomic E-state index is 12.4. The van der Waals surface area contributed by atoms with Crippen LogP contribution in [0.1, 0.15) is 116 Å². The van der Waals surface area contributed by atoms with Crippen LogP contribution < -0.4 is 4.74 Å². The van der Waals surface area contributed by atoms with Gasteiger partial charge in [0.2, 0.25) is 0 Å². The zero-order valence-electron chi connectivity index (χ0n) is 28.3. The molecule has 1 aromatic rings. The van der Waals surface area contributed by atoms with Crippen LogP contribution in [0, 0.1) is 16.0 Å². The van der Waals surface area contributed by atoms with Gasteiger partial charge in [0, 0.05) is 31.4 Å². The first-order chi connectivity index (χ1) is 23.2. The summed E-state index contributed by atoms with van der Waals surface area (Å²) in [4.78, 5) is 57.6. The van der Waals surface area contributed by atoms with Crippen LogP contribution >= 0.6 is 0 Å². The Labute approximate surface area is 284 Å². The van der Waals surface area contributed by atoms with Gasteiger partial charge in [0.25, 0.3) is 5.69 Å². The smallest absolute Gasteiger partial charge is 0.481 e. The fraction of sp³-hybridized carbons (Fsp3) is 0.611. The quantitative estimate of drug-likeness (QED) is 0.0171. The second kappa shape index (κ2) is 27.9. The number of hydrogen-bond donors (Lipinski definition) is 1. The van der Waals surface area contributed by atoms with Crippen molar-refractivity contribution >= 4 is 29.8 Å². The molecule has 0 saturated heterocycles. The topological polar surface area (TPSA) is 169 Å². The molecule has 0 amide bonds. The third kappa shape index (κ3) is 24.0. The van der Waals surface area contributed by atoms with Crippen molar-refractivity contribution in [3.63, 3.8) is 0 Å². The molecule has 0 saturated carbocycles. The van der Waals surface area contributed by atoms with Gasteiger partial charge in [0.05, 0.1) is 10.8 Å². The molecule has 268 valence electrons. The number of non-ortho nitro benzene ring substituents is 1. The van der Waals surface area contributed by atoms with Gasteiger partial charge >= 0.3 is 24.1 Å². The van der Waals surface area contributed by atoms with Crippen molar-refractivity contribution in [1.82, 2.24) is 0 Å². The van der Waals surface area contributed by atoms with Gasteiger partial charge in [-0.15, -0.1) is 0 Å². The largest absolute Gasteiger partial charge is 0.513 e. The number of nitro benzene ring substituents is 1. The fourth-order valence-electron chi connectivity index (χ4n) is 4.46. The molecule has 1 rings (SSSR count). The van der Waals surface area contributed by atoms with Crippen LogP contribution in [-0.2, 0) is 28.6 Å². The molecular weight excluding hydrogens is 622 g/mol. The lowest BCUT2D eigenvalue weighted by Crippen LogP contribution is -2.27. The van der Waals surface area contributed by atoms with Crippen molar-refractivity contribution in [2.45, 2.75) is 116 Å². The van der Waals surface area contributed by atoms with E-state index in [4.69, 9.17) is 24.1 Å². The van der Waals surface area contributed by atoms with Gasteiger partial charge in [-0.2, -0.15) is 0 Å². The lowest BCUT2D eigenvalue weighted by atomic mass is 10.1. The Hall–Kier alpha value is -4.22. The lowest BCUT2D eigenvalue weighted by Gasteiger charge is -2.17. The summed E-state index contributed by atoms with van der Waals surface area (Å²) in [6.07, 6.45) is 21.5. The van der Waals surface area contributed by atoms with Crippen molar-refractivity contribution in [2.24, 2.45) is 5.92 Å². The molecule has 0 spiro atoms. The molecule has 48 heavy (non-hydrogen) atoms. The first kappa shape index (κ1) is 41.8. The van der Waals surface area contributed by atoms with Gasteiger partial charge in [-0.05, 0) is 63.5 Å². The summed E-state index contributed by atoms with van der Waals surface area (Å²) < 4.78 is 20.8. The molecule has 1 unspecified atom stereocenters. The summed E-state index contributed by atoms with van der Waals surface area (Å²) in [6, 6.07) is 4.87. The van der Waals surface area contributed by atoms with Crippen LogP contribution in [0.4, 0.5) is 10.5 Å². The number of carboxylic acid groups (broad SMARTS) is 1.